The Balaban J connectivity index is 1.56. The fraction of sp³-hybridized carbons (Fsp3) is 0.312. The van der Waals surface area contributed by atoms with Crippen LogP contribution in [0.15, 0.2) is 47.3 Å². The van der Waals surface area contributed by atoms with Crippen LogP contribution in [0.4, 0.5) is 5.82 Å². The third-order valence-electron chi connectivity index (χ3n) is 3.81. The molecule has 1 amide bonds. The number of hydrogen-bond donors (Lipinski definition) is 1. The van der Waals surface area contributed by atoms with Crippen molar-refractivity contribution >= 4 is 27.7 Å². The zero-order valence-corrected chi connectivity index (χ0v) is 13.7. The second-order valence-electron chi connectivity index (χ2n) is 5.28. The van der Waals surface area contributed by atoms with Crippen molar-refractivity contribution in [2.45, 2.75) is 18.9 Å². The van der Waals surface area contributed by atoms with Crippen LogP contribution in [0.3, 0.4) is 0 Å². The van der Waals surface area contributed by atoms with E-state index in [0.29, 0.717) is 5.56 Å². The summed E-state index contributed by atoms with van der Waals surface area (Å²) >= 11 is 3.54. The van der Waals surface area contributed by atoms with Crippen molar-refractivity contribution < 1.29 is 4.79 Å². The van der Waals surface area contributed by atoms with Gasteiger partial charge in [-0.2, -0.15) is 0 Å². The average Bonchev–Trinajstić information content (AvgIpc) is 2.57. The molecule has 0 atom stereocenters. The Bertz CT molecular complexity index is 642. The monoisotopic (exact) mass is 360 g/mol. The SMILES string of the molecule is O=C(NC1CCN(c2ncccc2Br)CC1)c1ccncc1. The molecule has 0 aromatic carbocycles. The van der Waals surface area contributed by atoms with E-state index >= 15 is 0 Å². The van der Waals surface area contributed by atoms with Gasteiger partial charge in [0.05, 0.1) is 4.47 Å². The lowest BCUT2D eigenvalue weighted by Crippen LogP contribution is -2.45. The first kappa shape index (κ1) is 15.0. The molecule has 1 aliphatic heterocycles. The van der Waals surface area contributed by atoms with Gasteiger partial charge in [0.1, 0.15) is 5.82 Å². The predicted molar refractivity (Wildman–Crippen MR) is 88.9 cm³/mol. The second-order valence-corrected chi connectivity index (χ2v) is 6.13. The Labute approximate surface area is 137 Å². The number of piperidine rings is 1. The molecular formula is C16H17BrN4O. The van der Waals surface area contributed by atoms with Gasteiger partial charge in [-0.1, -0.05) is 0 Å². The Morgan fingerprint density at radius 3 is 2.59 bits per heavy atom. The highest BCUT2D eigenvalue weighted by atomic mass is 79.9. The van der Waals surface area contributed by atoms with Crippen LogP contribution in [0, 0.1) is 0 Å². The van der Waals surface area contributed by atoms with E-state index in [2.05, 4.69) is 36.1 Å². The minimum atomic E-state index is -0.0279. The molecular weight excluding hydrogens is 344 g/mol. The molecule has 1 aliphatic rings. The fourth-order valence-electron chi connectivity index (χ4n) is 2.62. The highest BCUT2D eigenvalue weighted by Gasteiger charge is 2.22. The largest absolute Gasteiger partial charge is 0.356 e. The van der Waals surface area contributed by atoms with E-state index in [0.717, 1.165) is 36.2 Å². The standard InChI is InChI=1S/C16H17BrN4O/c17-14-2-1-7-19-15(14)21-10-5-13(6-11-21)20-16(22)12-3-8-18-9-4-12/h1-4,7-9,13H,5-6,10-11H2,(H,20,22). The summed E-state index contributed by atoms with van der Waals surface area (Å²) < 4.78 is 1.01. The summed E-state index contributed by atoms with van der Waals surface area (Å²) in [5, 5.41) is 3.10. The Hall–Kier alpha value is -1.95. The van der Waals surface area contributed by atoms with Gasteiger partial charge in [0.15, 0.2) is 0 Å². The van der Waals surface area contributed by atoms with Crippen LogP contribution >= 0.6 is 15.9 Å². The molecule has 0 bridgehead atoms. The molecule has 1 N–H and O–H groups in total. The van der Waals surface area contributed by atoms with E-state index in [1.165, 1.54) is 0 Å². The van der Waals surface area contributed by atoms with Crippen LogP contribution in [0.1, 0.15) is 23.2 Å². The molecule has 1 fully saturated rings. The molecule has 3 heterocycles. The molecule has 0 radical (unpaired) electrons. The summed E-state index contributed by atoms with van der Waals surface area (Å²) in [4.78, 5) is 22.7. The number of nitrogens with zero attached hydrogens (tertiary/aromatic N) is 3. The Kier molecular flexibility index (Phi) is 4.68. The van der Waals surface area contributed by atoms with E-state index in [1.54, 1.807) is 30.7 Å². The minimum Gasteiger partial charge on any atom is -0.356 e. The molecule has 2 aromatic heterocycles. The smallest absolute Gasteiger partial charge is 0.251 e. The maximum absolute atomic E-state index is 12.1. The third kappa shape index (κ3) is 3.44. The van der Waals surface area contributed by atoms with E-state index < -0.39 is 0 Å². The molecule has 5 nitrogen and oxygen atoms in total. The molecule has 3 rings (SSSR count). The zero-order valence-electron chi connectivity index (χ0n) is 12.1. The van der Waals surface area contributed by atoms with Crippen LogP contribution < -0.4 is 10.2 Å². The van der Waals surface area contributed by atoms with Crippen molar-refractivity contribution in [3.63, 3.8) is 0 Å². The summed E-state index contributed by atoms with van der Waals surface area (Å²) in [6.45, 7) is 1.77. The van der Waals surface area contributed by atoms with Gasteiger partial charge in [-0.15, -0.1) is 0 Å². The number of hydrogen-bond acceptors (Lipinski definition) is 4. The van der Waals surface area contributed by atoms with Gasteiger partial charge < -0.3 is 10.2 Å². The number of nitrogens with one attached hydrogen (secondary N) is 1. The van der Waals surface area contributed by atoms with Gasteiger partial charge in [-0.25, -0.2) is 4.98 Å². The van der Waals surface area contributed by atoms with Crippen LogP contribution in [0.25, 0.3) is 0 Å². The van der Waals surface area contributed by atoms with Crippen molar-refractivity contribution in [3.8, 4) is 0 Å². The number of rotatable bonds is 3. The molecule has 2 aromatic rings. The average molecular weight is 361 g/mol. The minimum absolute atomic E-state index is 0.0279. The molecule has 114 valence electrons. The number of carbonyl (C=O) groups excluding carboxylic acids is 1. The number of pyridine rings is 2. The number of carbonyl (C=O) groups is 1. The first-order chi connectivity index (χ1) is 10.7. The molecule has 22 heavy (non-hydrogen) atoms. The van der Waals surface area contributed by atoms with E-state index in [-0.39, 0.29) is 11.9 Å². The van der Waals surface area contributed by atoms with E-state index in [1.807, 2.05) is 12.1 Å². The normalized spacial score (nSPS) is 15.6. The molecule has 0 unspecified atom stereocenters. The van der Waals surface area contributed by atoms with Crippen molar-refractivity contribution in [3.05, 3.63) is 52.9 Å². The Morgan fingerprint density at radius 1 is 1.18 bits per heavy atom. The van der Waals surface area contributed by atoms with Crippen molar-refractivity contribution in [2.75, 3.05) is 18.0 Å². The summed E-state index contributed by atoms with van der Waals surface area (Å²) in [5.74, 6) is 0.946. The molecule has 0 spiro atoms. The number of anilines is 1. The zero-order chi connectivity index (χ0) is 15.4. The van der Waals surface area contributed by atoms with Crippen LogP contribution in [-0.4, -0.2) is 35.0 Å². The van der Waals surface area contributed by atoms with E-state index in [9.17, 15) is 4.79 Å². The highest BCUT2D eigenvalue weighted by Crippen LogP contribution is 2.25. The lowest BCUT2D eigenvalue weighted by atomic mass is 10.0. The van der Waals surface area contributed by atoms with E-state index in [4.69, 9.17) is 0 Å². The number of amides is 1. The molecule has 0 aliphatic carbocycles. The second kappa shape index (κ2) is 6.87. The molecule has 6 heteroatoms. The first-order valence-electron chi connectivity index (χ1n) is 7.30. The number of halogens is 1. The van der Waals surface area contributed by atoms with Gasteiger partial charge in [0, 0.05) is 43.3 Å². The van der Waals surface area contributed by atoms with Gasteiger partial charge in [0.2, 0.25) is 0 Å². The lowest BCUT2D eigenvalue weighted by molar-refractivity contribution is 0.0931. The highest BCUT2D eigenvalue weighted by molar-refractivity contribution is 9.10. The van der Waals surface area contributed by atoms with Crippen LogP contribution in [0.2, 0.25) is 0 Å². The van der Waals surface area contributed by atoms with Crippen molar-refractivity contribution in [1.82, 2.24) is 15.3 Å². The van der Waals surface area contributed by atoms with Crippen molar-refractivity contribution in [2.24, 2.45) is 0 Å². The first-order valence-corrected chi connectivity index (χ1v) is 8.09. The summed E-state index contributed by atoms with van der Waals surface area (Å²) in [7, 11) is 0. The lowest BCUT2D eigenvalue weighted by Gasteiger charge is -2.33. The van der Waals surface area contributed by atoms with Gasteiger partial charge in [-0.05, 0) is 53.0 Å². The van der Waals surface area contributed by atoms with Gasteiger partial charge >= 0.3 is 0 Å². The number of aromatic nitrogens is 2. The molecule has 0 saturated carbocycles. The predicted octanol–water partition coefficient (Wildman–Crippen LogP) is 2.64. The van der Waals surface area contributed by atoms with Crippen molar-refractivity contribution in [1.29, 1.82) is 0 Å². The third-order valence-corrected chi connectivity index (χ3v) is 4.43. The fourth-order valence-corrected chi connectivity index (χ4v) is 3.12. The summed E-state index contributed by atoms with van der Waals surface area (Å²) in [6, 6.07) is 7.58. The summed E-state index contributed by atoms with van der Waals surface area (Å²) in [5.41, 5.74) is 0.657. The quantitative estimate of drug-likeness (QED) is 0.913. The summed E-state index contributed by atoms with van der Waals surface area (Å²) in [6.07, 6.45) is 6.91. The van der Waals surface area contributed by atoms with Crippen LogP contribution in [0.5, 0.6) is 0 Å². The van der Waals surface area contributed by atoms with Gasteiger partial charge in [-0.3, -0.25) is 9.78 Å². The van der Waals surface area contributed by atoms with Crippen LogP contribution in [-0.2, 0) is 0 Å². The topological polar surface area (TPSA) is 58.1 Å². The maximum atomic E-state index is 12.1. The Morgan fingerprint density at radius 2 is 1.91 bits per heavy atom. The molecule has 1 saturated heterocycles. The van der Waals surface area contributed by atoms with Gasteiger partial charge in [0.25, 0.3) is 5.91 Å². The maximum Gasteiger partial charge on any atom is 0.251 e.